The van der Waals surface area contributed by atoms with Crippen LogP contribution >= 0.6 is 0 Å². The van der Waals surface area contributed by atoms with Gasteiger partial charge < -0.3 is 10.1 Å². The second kappa shape index (κ2) is 8.15. The largest absolute Gasteiger partial charge is 0.489 e. The average molecular weight is 327 g/mol. The van der Waals surface area contributed by atoms with Gasteiger partial charge in [-0.1, -0.05) is 18.7 Å². The number of hydrogen-bond acceptors (Lipinski definition) is 3. The van der Waals surface area contributed by atoms with Gasteiger partial charge in [-0.05, 0) is 57.9 Å². The van der Waals surface area contributed by atoms with Crippen LogP contribution in [-0.2, 0) is 13.1 Å². The SMILES string of the molecule is C=C(C)COc1cccc(CN[C@H](C)c2c(C)nn(CC)c2C)c1. The van der Waals surface area contributed by atoms with Crippen LogP contribution in [0.2, 0.25) is 0 Å². The molecule has 1 atom stereocenters. The fourth-order valence-electron chi connectivity index (χ4n) is 2.97. The fraction of sp³-hybridized carbons (Fsp3) is 0.450. The van der Waals surface area contributed by atoms with Crippen molar-refractivity contribution < 1.29 is 4.74 Å². The normalized spacial score (nSPS) is 12.2. The summed E-state index contributed by atoms with van der Waals surface area (Å²) in [5.74, 6) is 0.885. The number of aryl methyl sites for hydroxylation is 2. The molecule has 1 N–H and O–H groups in total. The first-order chi connectivity index (χ1) is 11.4. The third-order valence-corrected chi connectivity index (χ3v) is 4.17. The molecule has 0 amide bonds. The zero-order valence-electron chi connectivity index (χ0n) is 15.5. The predicted molar refractivity (Wildman–Crippen MR) is 99.4 cm³/mol. The van der Waals surface area contributed by atoms with Gasteiger partial charge in [-0.3, -0.25) is 4.68 Å². The fourth-order valence-corrected chi connectivity index (χ4v) is 2.97. The lowest BCUT2D eigenvalue weighted by Gasteiger charge is -2.15. The minimum absolute atomic E-state index is 0.255. The smallest absolute Gasteiger partial charge is 0.120 e. The monoisotopic (exact) mass is 327 g/mol. The first-order valence-corrected chi connectivity index (χ1v) is 8.55. The summed E-state index contributed by atoms with van der Waals surface area (Å²) in [4.78, 5) is 0. The van der Waals surface area contributed by atoms with Crippen LogP contribution in [0.1, 0.15) is 49.3 Å². The molecule has 0 saturated heterocycles. The molecule has 4 nitrogen and oxygen atoms in total. The Hall–Kier alpha value is -2.07. The lowest BCUT2D eigenvalue weighted by Crippen LogP contribution is -2.19. The summed E-state index contributed by atoms with van der Waals surface area (Å²) in [5, 5.41) is 8.21. The highest BCUT2D eigenvalue weighted by Crippen LogP contribution is 2.22. The predicted octanol–water partition coefficient (Wildman–Crippen LogP) is 4.33. The second-order valence-corrected chi connectivity index (χ2v) is 6.40. The van der Waals surface area contributed by atoms with Gasteiger partial charge in [0.25, 0.3) is 0 Å². The van der Waals surface area contributed by atoms with Gasteiger partial charge in [0, 0.05) is 30.4 Å². The summed E-state index contributed by atoms with van der Waals surface area (Å²) in [7, 11) is 0. The van der Waals surface area contributed by atoms with Crippen LogP contribution in [0.4, 0.5) is 0 Å². The maximum absolute atomic E-state index is 5.71. The third-order valence-electron chi connectivity index (χ3n) is 4.17. The minimum Gasteiger partial charge on any atom is -0.489 e. The highest BCUT2D eigenvalue weighted by atomic mass is 16.5. The number of nitrogens with one attached hydrogen (secondary N) is 1. The molecule has 0 aliphatic carbocycles. The van der Waals surface area contributed by atoms with Crippen molar-refractivity contribution in [2.45, 2.75) is 53.8 Å². The molecule has 4 heteroatoms. The first-order valence-electron chi connectivity index (χ1n) is 8.55. The maximum Gasteiger partial charge on any atom is 0.120 e. The van der Waals surface area contributed by atoms with E-state index in [2.05, 4.69) is 61.5 Å². The van der Waals surface area contributed by atoms with E-state index in [1.54, 1.807) is 0 Å². The zero-order chi connectivity index (χ0) is 17.7. The second-order valence-electron chi connectivity index (χ2n) is 6.40. The molecule has 2 rings (SSSR count). The molecule has 0 unspecified atom stereocenters. The number of benzene rings is 1. The Kier molecular flexibility index (Phi) is 6.21. The van der Waals surface area contributed by atoms with Crippen LogP contribution < -0.4 is 10.1 Å². The van der Waals surface area contributed by atoms with Gasteiger partial charge in [0.1, 0.15) is 12.4 Å². The molecule has 0 bridgehead atoms. The molecule has 0 saturated carbocycles. The molecule has 0 aliphatic heterocycles. The topological polar surface area (TPSA) is 39.1 Å². The van der Waals surface area contributed by atoms with Crippen LogP contribution in [0.25, 0.3) is 0 Å². The van der Waals surface area contributed by atoms with Crippen LogP contribution in [0.5, 0.6) is 5.75 Å². The van der Waals surface area contributed by atoms with E-state index >= 15 is 0 Å². The lowest BCUT2D eigenvalue weighted by atomic mass is 10.1. The zero-order valence-corrected chi connectivity index (χ0v) is 15.5. The Bertz CT molecular complexity index is 703. The number of nitrogens with zero attached hydrogens (tertiary/aromatic N) is 2. The van der Waals surface area contributed by atoms with Crippen molar-refractivity contribution in [3.63, 3.8) is 0 Å². The van der Waals surface area contributed by atoms with Gasteiger partial charge in [0.05, 0.1) is 5.69 Å². The Labute approximate surface area is 145 Å². The van der Waals surface area contributed by atoms with Gasteiger partial charge >= 0.3 is 0 Å². The summed E-state index contributed by atoms with van der Waals surface area (Å²) in [6.45, 7) is 16.6. The van der Waals surface area contributed by atoms with Crippen molar-refractivity contribution in [2.75, 3.05) is 6.61 Å². The van der Waals surface area contributed by atoms with E-state index in [1.165, 1.54) is 16.8 Å². The lowest BCUT2D eigenvalue weighted by molar-refractivity contribution is 0.352. The molecule has 130 valence electrons. The van der Waals surface area contributed by atoms with E-state index in [0.717, 1.165) is 30.1 Å². The Morgan fingerprint density at radius 2 is 2.12 bits per heavy atom. The van der Waals surface area contributed by atoms with E-state index in [9.17, 15) is 0 Å². The highest BCUT2D eigenvalue weighted by molar-refractivity contribution is 5.30. The minimum atomic E-state index is 0.255. The summed E-state index contributed by atoms with van der Waals surface area (Å²) in [6, 6.07) is 8.46. The summed E-state index contributed by atoms with van der Waals surface area (Å²) < 4.78 is 7.78. The van der Waals surface area contributed by atoms with Gasteiger partial charge in [0.2, 0.25) is 0 Å². The average Bonchev–Trinajstić information content (AvgIpc) is 2.85. The van der Waals surface area contributed by atoms with Crippen LogP contribution in [0, 0.1) is 13.8 Å². The van der Waals surface area contributed by atoms with Crippen molar-refractivity contribution in [2.24, 2.45) is 0 Å². The third kappa shape index (κ3) is 4.48. The summed E-state index contributed by atoms with van der Waals surface area (Å²) in [6.07, 6.45) is 0. The molecule has 0 aliphatic rings. The van der Waals surface area contributed by atoms with Gasteiger partial charge in [-0.15, -0.1) is 0 Å². The molecular weight excluding hydrogens is 298 g/mol. The van der Waals surface area contributed by atoms with Crippen LogP contribution in [-0.4, -0.2) is 16.4 Å². The summed E-state index contributed by atoms with van der Waals surface area (Å²) >= 11 is 0. The Morgan fingerprint density at radius 1 is 1.38 bits per heavy atom. The molecule has 0 radical (unpaired) electrons. The summed E-state index contributed by atoms with van der Waals surface area (Å²) in [5.41, 5.74) is 5.87. The molecule has 0 spiro atoms. The molecule has 1 aromatic carbocycles. The molecule has 1 heterocycles. The van der Waals surface area contributed by atoms with Gasteiger partial charge in [0.15, 0.2) is 0 Å². The van der Waals surface area contributed by atoms with Gasteiger partial charge in [-0.25, -0.2) is 0 Å². The van der Waals surface area contributed by atoms with Crippen molar-refractivity contribution in [1.29, 1.82) is 0 Å². The van der Waals surface area contributed by atoms with E-state index in [0.29, 0.717) is 6.61 Å². The number of hydrogen-bond donors (Lipinski definition) is 1. The quantitative estimate of drug-likeness (QED) is 0.734. The van der Waals surface area contributed by atoms with E-state index in [1.807, 2.05) is 19.1 Å². The highest BCUT2D eigenvalue weighted by Gasteiger charge is 2.16. The van der Waals surface area contributed by atoms with E-state index in [4.69, 9.17) is 4.74 Å². The first kappa shape index (κ1) is 18.3. The van der Waals surface area contributed by atoms with Crippen molar-refractivity contribution >= 4 is 0 Å². The van der Waals surface area contributed by atoms with Crippen LogP contribution in [0.15, 0.2) is 36.4 Å². The van der Waals surface area contributed by atoms with E-state index in [-0.39, 0.29) is 6.04 Å². The van der Waals surface area contributed by atoms with Crippen molar-refractivity contribution in [3.8, 4) is 5.75 Å². The maximum atomic E-state index is 5.71. The molecule has 2 aromatic rings. The van der Waals surface area contributed by atoms with Gasteiger partial charge in [-0.2, -0.15) is 5.10 Å². The van der Waals surface area contributed by atoms with Crippen molar-refractivity contribution in [3.05, 3.63) is 58.9 Å². The van der Waals surface area contributed by atoms with Crippen LogP contribution in [0.3, 0.4) is 0 Å². The molecule has 0 fully saturated rings. The number of ether oxygens (including phenoxy) is 1. The molecule has 24 heavy (non-hydrogen) atoms. The molecule has 1 aromatic heterocycles. The Balaban J connectivity index is 2.01. The number of rotatable bonds is 8. The number of aromatic nitrogens is 2. The van der Waals surface area contributed by atoms with E-state index < -0.39 is 0 Å². The van der Waals surface area contributed by atoms with Crippen molar-refractivity contribution in [1.82, 2.24) is 15.1 Å². The Morgan fingerprint density at radius 3 is 2.75 bits per heavy atom. The molecular formula is C20H29N3O. The standard InChI is InChI=1S/C20H29N3O/c1-7-23-17(6)20(16(5)22-23)15(4)21-12-18-9-8-10-19(11-18)24-13-14(2)3/h8-11,15,21H,2,7,12-13H2,1,3-6H3/t15-/m1/s1.